The van der Waals surface area contributed by atoms with Crippen molar-refractivity contribution in [3.63, 3.8) is 0 Å². The number of aromatic nitrogens is 3. The topological polar surface area (TPSA) is 47.8 Å². The predicted octanol–water partition coefficient (Wildman–Crippen LogP) is 2.95. The summed E-state index contributed by atoms with van der Waals surface area (Å²) in [6.07, 6.45) is 1.51. The van der Waals surface area contributed by atoms with Gasteiger partial charge in [-0.15, -0.1) is 0 Å². The van der Waals surface area contributed by atoms with Gasteiger partial charge >= 0.3 is 0 Å². The first-order valence-electron chi connectivity index (χ1n) is 5.73. The normalized spacial score (nSPS) is 10.8. The zero-order valence-corrected chi connectivity index (χ0v) is 12.3. The molecule has 4 nitrogen and oxygen atoms in total. The molecule has 0 amide bonds. The molecule has 0 saturated carbocycles. The molecule has 2 heterocycles. The molecule has 6 heteroatoms. The maximum Gasteiger partial charge on any atom is 0.174 e. The van der Waals surface area contributed by atoms with Crippen molar-refractivity contribution < 1.29 is 4.79 Å². The number of aryl methyl sites for hydroxylation is 1. The highest BCUT2D eigenvalue weighted by molar-refractivity contribution is 8.01. The third kappa shape index (κ3) is 2.64. The number of ketones is 1. The van der Waals surface area contributed by atoms with Crippen molar-refractivity contribution in [2.45, 2.75) is 31.7 Å². The fourth-order valence-corrected chi connectivity index (χ4v) is 3.33. The second kappa shape index (κ2) is 5.67. The van der Waals surface area contributed by atoms with Crippen LogP contribution in [-0.4, -0.2) is 25.5 Å². The lowest BCUT2D eigenvalue weighted by molar-refractivity contribution is 0.102. The van der Waals surface area contributed by atoms with Crippen LogP contribution in [-0.2, 0) is 6.54 Å². The average Bonchev–Trinajstić information content (AvgIpc) is 2.95. The molecular formula is C12H15N3OS2. The summed E-state index contributed by atoms with van der Waals surface area (Å²) in [5.74, 6) is 0.575. The van der Waals surface area contributed by atoms with Gasteiger partial charge in [-0.2, -0.15) is 4.37 Å². The summed E-state index contributed by atoms with van der Waals surface area (Å²) in [7, 11) is 0. The van der Waals surface area contributed by atoms with Crippen molar-refractivity contribution in [2.75, 3.05) is 5.75 Å². The lowest BCUT2D eigenvalue weighted by Gasteiger charge is -2.05. The van der Waals surface area contributed by atoms with Gasteiger partial charge in [-0.3, -0.25) is 4.79 Å². The van der Waals surface area contributed by atoms with Crippen LogP contribution < -0.4 is 0 Å². The number of rotatable bonds is 5. The molecule has 0 spiro atoms. The molecule has 96 valence electrons. The molecule has 0 aliphatic heterocycles. The van der Waals surface area contributed by atoms with Crippen LogP contribution in [0.15, 0.2) is 16.7 Å². The van der Waals surface area contributed by atoms with Gasteiger partial charge in [0.25, 0.3) is 0 Å². The van der Waals surface area contributed by atoms with Gasteiger partial charge in [-0.05, 0) is 38.4 Å². The zero-order valence-electron chi connectivity index (χ0n) is 10.6. The minimum absolute atomic E-state index is 0.156. The van der Waals surface area contributed by atoms with E-state index >= 15 is 0 Å². The fourth-order valence-electron chi connectivity index (χ4n) is 2.00. The highest BCUT2D eigenvalue weighted by Gasteiger charge is 2.15. The molecule has 0 aromatic carbocycles. The van der Waals surface area contributed by atoms with Crippen LogP contribution in [0.25, 0.3) is 0 Å². The van der Waals surface area contributed by atoms with E-state index in [2.05, 4.69) is 20.8 Å². The Labute approximate surface area is 115 Å². The first-order chi connectivity index (χ1) is 8.63. The van der Waals surface area contributed by atoms with Gasteiger partial charge in [0.05, 0.1) is 5.75 Å². The van der Waals surface area contributed by atoms with Crippen molar-refractivity contribution in [3.05, 3.63) is 29.3 Å². The van der Waals surface area contributed by atoms with E-state index < -0.39 is 0 Å². The Bertz CT molecular complexity index is 546. The number of nitrogens with zero attached hydrogens (tertiary/aromatic N) is 3. The molecule has 2 aromatic rings. The number of hydrogen-bond acceptors (Lipinski definition) is 5. The van der Waals surface area contributed by atoms with Crippen LogP contribution >= 0.6 is 23.3 Å². The molecule has 0 saturated heterocycles. The van der Waals surface area contributed by atoms with Crippen LogP contribution in [0.5, 0.6) is 0 Å². The lowest BCUT2D eigenvalue weighted by Crippen LogP contribution is -2.05. The molecule has 0 atom stereocenters. The Kier molecular flexibility index (Phi) is 4.19. The van der Waals surface area contributed by atoms with Gasteiger partial charge in [0.15, 0.2) is 10.1 Å². The number of hydrogen-bond donors (Lipinski definition) is 0. The fraction of sp³-hybridized carbons (Fsp3) is 0.417. The molecule has 0 unspecified atom stereocenters. The number of thioether (sulfide) groups is 1. The van der Waals surface area contributed by atoms with Crippen LogP contribution in [0.4, 0.5) is 0 Å². The molecule has 2 rings (SSSR count). The number of Topliss-reactive ketones (excluding diaryl/α,β-unsaturated/α-hetero) is 1. The minimum atomic E-state index is 0.156. The Morgan fingerprint density at radius 3 is 2.83 bits per heavy atom. The van der Waals surface area contributed by atoms with Crippen LogP contribution in [0.2, 0.25) is 0 Å². The maximum atomic E-state index is 12.2. The lowest BCUT2D eigenvalue weighted by atomic mass is 10.2. The van der Waals surface area contributed by atoms with Crippen LogP contribution in [0.1, 0.15) is 28.7 Å². The summed E-state index contributed by atoms with van der Waals surface area (Å²) >= 11 is 2.77. The summed E-state index contributed by atoms with van der Waals surface area (Å²) in [6, 6.07) is 1.97. The minimum Gasteiger partial charge on any atom is -0.349 e. The van der Waals surface area contributed by atoms with Crippen LogP contribution in [0, 0.1) is 13.8 Å². The third-order valence-corrected chi connectivity index (χ3v) is 4.66. The Morgan fingerprint density at radius 1 is 1.50 bits per heavy atom. The second-order valence-electron chi connectivity index (χ2n) is 3.95. The van der Waals surface area contributed by atoms with E-state index in [1.807, 2.05) is 19.9 Å². The van der Waals surface area contributed by atoms with Crippen molar-refractivity contribution in [1.82, 2.24) is 13.9 Å². The Balaban J connectivity index is 2.09. The molecule has 0 aliphatic carbocycles. The molecule has 0 aliphatic rings. The van der Waals surface area contributed by atoms with E-state index in [9.17, 15) is 4.79 Å². The summed E-state index contributed by atoms with van der Waals surface area (Å²) in [6.45, 7) is 7.02. The maximum absolute atomic E-state index is 12.2. The summed E-state index contributed by atoms with van der Waals surface area (Å²) in [4.78, 5) is 16.2. The molecule has 18 heavy (non-hydrogen) atoms. The quantitative estimate of drug-likeness (QED) is 0.624. The van der Waals surface area contributed by atoms with Gasteiger partial charge in [-0.25, -0.2) is 4.98 Å². The molecule has 0 N–H and O–H groups in total. The largest absolute Gasteiger partial charge is 0.349 e. The highest BCUT2D eigenvalue weighted by Crippen LogP contribution is 2.22. The van der Waals surface area contributed by atoms with E-state index in [1.165, 1.54) is 29.6 Å². The van der Waals surface area contributed by atoms with Gasteiger partial charge in [0, 0.05) is 23.5 Å². The van der Waals surface area contributed by atoms with Crippen molar-refractivity contribution in [3.8, 4) is 0 Å². The van der Waals surface area contributed by atoms with E-state index in [0.717, 1.165) is 27.8 Å². The summed E-state index contributed by atoms with van der Waals surface area (Å²) < 4.78 is 6.91. The van der Waals surface area contributed by atoms with Gasteiger partial charge in [0.2, 0.25) is 0 Å². The average molecular weight is 281 g/mol. The first kappa shape index (κ1) is 13.3. The van der Waals surface area contributed by atoms with E-state index in [0.29, 0.717) is 5.75 Å². The van der Waals surface area contributed by atoms with Gasteiger partial charge in [0.1, 0.15) is 6.33 Å². The van der Waals surface area contributed by atoms with Gasteiger partial charge < -0.3 is 4.57 Å². The third-order valence-electron chi connectivity index (χ3n) is 2.86. The van der Waals surface area contributed by atoms with E-state index in [4.69, 9.17) is 0 Å². The summed E-state index contributed by atoms with van der Waals surface area (Å²) in [5.41, 5.74) is 3.02. The summed E-state index contributed by atoms with van der Waals surface area (Å²) in [5, 5.41) is 0. The Morgan fingerprint density at radius 2 is 2.28 bits per heavy atom. The number of carbonyl (C=O) groups is 1. The van der Waals surface area contributed by atoms with Crippen molar-refractivity contribution in [1.29, 1.82) is 0 Å². The van der Waals surface area contributed by atoms with Crippen molar-refractivity contribution >= 4 is 29.1 Å². The van der Waals surface area contributed by atoms with Gasteiger partial charge in [-0.1, -0.05) is 11.8 Å². The molecule has 0 fully saturated rings. The monoisotopic (exact) mass is 281 g/mol. The second-order valence-corrected chi connectivity index (χ2v) is 5.95. The molecular weight excluding hydrogens is 266 g/mol. The first-order valence-corrected chi connectivity index (χ1v) is 7.48. The van der Waals surface area contributed by atoms with E-state index in [-0.39, 0.29) is 5.78 Å². The standard InChI is InChI=1S/C12H15N3OS2/c1-4-15-8(2)5-10(9(15)3)11(16)6-17-12-13-7-14-18-12/h5,7H,4,6H2,1-3H3. The SMILES string of the molecule is CCn1c(C)cc(C(=O)CSc2ncns2)c1C. The molecule has 0 radical (unpaired) electrons. The number of carbonyl (C=O) groups excluding carboxylic acids is 1. The molecule has 2 aromatic heterocycles. The van der Waals surface area contributed by atoms with E-state index in [1.54, 1.807) is 0 Å². The van der Waals surface area contributed by atoms with Crippen molar-refractivity contribution in [2.24, 2.45) is 0 Å². The predicted molar refractivity (Wildman–Crippen MR) is 74.5 cm³/mol. The smallest absolute Gasteiger partial charge is 0.174 e. The molecule has 0 bridgehead atoms. The van der Waals surface area contributed by atoms with Crippen LogP contribution in [0.3, 0.4) is 0 Å². The Hall–Kier alpha value is -1.14. The highest BCUT2D eigenvalue weighted by atomic mass is 32.2. The zero-order chi connectivity index (χ0) is 13.1.